The summed E-state index contributed by atoms with van der Waals surface area (Å²) in [6, 6.07) is 6.46. The van der Waals surface area contributed by atoms with Crippen molar-refractivity contribution >= 4 is 43.2 Å². The summed E-state index contributed by atoms with van der Waals surface area (Å²) in [5.41, 5.74) is 1.09. The van der Waals surface area contributed by atoms with Crippen LogP contribution < -0.4 is 5.32 Å². The third kappa shape index (κ3) is 3.37. The van der Waals surface area contributed by atoms with Crippen LogP contribution in [-0.4, -0.2) is 12.0 Å². The summed E-state index contributed by atoms with van der Waals surface area (Å²) in [5.74, 6) is 0. The molecule has 0 amide bonds. The number of pyridine rings is 1. The minimum Gasteiger partial charge on any atom is -0.312 e. The highest BCUT2D eigenvalue weighted by atomic mass is 79.9. The van der Waals surface area contributed by atoms with Crippen LogP contribution in [0, 0.1) is 0 Å². The molecule has 0 fully saturated rings. The first-order chi connectivity index (χ1) is 8.20. The summed E-state index contributed by atoms with van der Waals surface area (Å²) in [6.45, 7) is 0. The fourth-order valence-corrected chi connectivity index (χ4v) is 3.61. The highest BCUT2D eigenvalue weighted by Crippen LogP contribution is 2.30. The maximum Gasteiger partial charge on any atom is 0.0479 e. The number of likely N-dealkylation sites (N-methyl/N-ethyl adjacent to an activating group) is 1. The maximum atomic E-state index is 4.41. The van der Waals surface area contributed by atoms with Crippen molar-refractivity contribution in [2.75, 3.05) is 7.05 Å². The molecular weight excluding hydrogens is 364 g/mol. The van der Waals surface area contributed by atoms with Gasteiger partial charge in [-0.05, 0) is 62.5 Å². The van der Waals surface area contributed by atoms with Gasteiger partial charge >= 0.3 is 0 Å². The van der Waals surface area contributed by atoms with E-state index in [1.807, 2.05) is 19.3 Å². The predicted molar refractivity (Wildman–Crippen MR) is 79.5 cm³/mol. The van der Waals surface area contributed by atoms with Crippen LogP contribution in [0.4, 0.5) is 0 Å². The standard InChI is InChI=1S/C12H12Br2N2S/c1-15-11(12-10(14)4-5-17-12)6-9-3-2-8(13)7-16-9/h2-5,7,11,15H,6H2,1H3. The number of aromatic nitrogens is 1. The molecule has 1 N–H and O–H groups in total. The van der Waals surface area contributed by atoms with Crippen molar-refractivity contribution in [3.8, 4) is 0 Å². The number of nitrogens with zero attached hydrogens (tertiary/aromatic N) is 1. The Hall–Kier alpha value is -0.230. The van der Waals surface area contributed by atoms with Crippen molar-refractivity contribution in [3.05, 3.63) is 49.3 Å². The van der Waals surface area contributed by atoms with Gasteiger partial charge in [0, 0.05) is 38.2 Å². The molecule has 1 unspecified atom stereocenters. The Balaban J connectivity index is 2.16. The Bertz CT molecular complexity index is 482. The van der Waals surface area contributed by atoms with E-state index in [1.165, 1.54) is 9.35 Å². The lowest BCUT2D eigenvalue weighted by Crippen LogP contribution is -2.18. The molecule has 0 bridgehead atoms. The molecule has 0 aliphatic rings. The third-order valence-corrected chi connectivity index (χ3v) is 4.97. The number of hydrogen-bond donors (Lipinski definition) is 1. The zero-order valence-corrected chi connectivity index (χ0v) is 13.3. The Morgan fingerprint density at radius 1 is 1.35 bits per heavy atom. The van der Waals surface area contributed by atoms with Crippen molar-refractivity contribution in [1.29, 1.82) is 0 Å². The van der Waals surface area contributed by atoms with Crippen LogP contribution >= 0.6 is 43.2 Å². The lowest BCUT2D eigenvalue weighted by Gasteiger charge is -2.14. The molecule has 0 radical (unpaired) electrons. The topological polar surface area (TPSA) is 24.9 Å². The van der Waals surface area contributed by atoms with Crippen molar-refractivity contribution in [2.24, 2.45) is 0 Å². The second-order valence-electron chi connectivity index (χ2n) is 3.65. The van der Waals surface area contributed by atoms with E-state index in [0.717, 1.165) is 16.6 Å². The van der Waals surface area contributed by atoms with E-state index in [0.29, 0.717) is 6.04 Å². The Kier molecular flexibility index (Phi) is 4.73. The van der Waals surface area contributed by atoms with Gasteiger partial charge in [-0.25, -0.2) is 0 Å². The molecule has 2 rings (SSSR count). The minimum atomic E-state index is 0.304. The molecule has 2 heterocycles. The largest absolute Gasteiger partial charge is 0.312 e. The smallest absolute Gasteiger partial charge is 0.0479 e. The van der Waals surface area contributed by atoms with Gasteiger partial charge in [0.2, 0.25) is 0 Å². The molecule has 2 aromatic heterocycles. The fraction of sp³-hybridized carbons (Fsp3) is 0.250. The molecule has 90 valence electrons. The highest BCUT2D eigenvalue weighted by Gasteiger charge is 2.15. The molecular formula is C12H12Br2N2S. The van der Waals surface area contributed by atoms with Crippen LogP contribution in [0.1, 0.15) is 16.6 Å². The number of thiophene rings is 1. The number of rotatable bonds is 4. The van der Waals surface area contributed by atoms with E-state index >= 15 is 0 Å². The summed E-state index contributed by atoms with van der Waals surface area (Å²) in [6.07, 6.45) is 2.73. The van der Waals surface area contributed by atoms with Crippen molar-refractivity contribution < 1.29 is 0 Å². The van der Waals surface area contributed by atoms with Gasteiger partial charge in [-0.3, -0.25) is 4.98 Å². The molecule has 2 nitrogen and oxygen atoms in total. The number of nitrogens with one attached hydrogen (secondary N) is 1. The number of hydrogen-bond acceptors (Lipinski definition) is 3. The van der Waals surface area contributed by atoms with Gasteiger partial charge in [0.25, 0.3) is 0 Å². The quantitative estimate of drug-likeness (QED) is 0.867. The summed E-state index contributed by atoms with van der Waals surface area (Å²) in [5, 5.41) is 5.43. The molecule has 0 aromatic carbocycles. The lowest BCUT2D eigenvalue weighted by molar-refractivity contribution is 0.592. The molecule has 0 saturated heterocycles. The molecule has 2 aromatic rings. The van der Waals surface area contributed by atoms with Gasteiger partial charge < -0.3 is 5.32 Å². The second-order valence-corrected chi connectivity index (χ2v) is 6.36. The van der Waals surface area contributed by atoms with E-state index in [-0.39, 0.29) is 0 Å². The van der Waals surface area contributed by atoms with E-state index in [2.05, 4.69) is 59.7 Å². The highest BCUT2D eigenvalue weighted by molar-refractivity contribution is 9.10. The van der Waals surface area contributed by atoms with Crippen LogP contribution in [0.3, 0.4) is 0 Å². The van der Waals surface area contributed by atoms with Crippen molar-refractivity contribution in [2.45, 2.75) is 12.5 Å². The normalized spacial score (nSPS) is 12.6. The van der Waals surface area contributed by atoms with Crippen molar-refractivity contribution in [1.82, 2.24) is 10.3 Å². The summed E-state index contributed by atoms with van der Waals surface area (Å²) in [4.78, 5) is 5.72. The summed E-state index contributed by atoms with van der Waals surface area (Å²) in [7, 11) is 1.98. The fourth-order valence-electron chi connectivity index (χ4n) is 1.62. The molecule has 0 aliphatic carbocycles. The Morgan fingerprint density at radius 3 is 2.71 bits per heavy atom. The van der Waals surface area contributed by atoms with Crippen LogP contribution in [0.25, 0.3) is 0 Å². The first-order valence-corrected chi connectivity index (χ1v) is 7.68. The Labute approximate surface area is 122 Å². The first-order valence-electron chi connectivity index (χ1n) is 5.21. The third-order valence-electron chi connectivity index (χ3n) is 2.51. The van der Waals surface area contributed by atoms with Gasteiger partial charge in [-0.2, -0.15) is 0 Å². The zero-order chi connectivity index (χ0) is 12.3. The van der Waals surface area contributed by atoms with Crippen LogP contribution in [0.5, 0.6) is 0 Å². The van der Waals surface area contributed by atoms with Gasteiger partial charge in [0.1, 0.15) is 0 Å². The maximum absolute atomic E-state index is 4.41. The molecule has 1 atom stereocenters. The van der Waals surface area contributed by atoms with E-state index in [4.69, 9.17) is 0 Å². The summed E-state index contributed by atoms with van der Waals surface area (Å²) < 4.78 is 2.18. The van der Waals surface area contributed by atoms with Gasteiger partial charge in [0.15, 0.2) is 0 Å². The van der Waals surface area contributed by atoms with Crippen molar-refractivity contribution in [3.63, 3.8) is 0 Å². The molecule has 0 aliphatic heterocycles. The van der Waals surface area contributed by atoms with Crippen LogP contribution in [0.2, 0.25) is 0 Å². The molecule has 17 heavy (non-hydrogen) atoms. The predicted octanol–water partition coefficient (Wildman–Crippen LogP) is 4.17. The van der Waals surface area contributed by atoms with E-state index in [1.54, 1.807) is 11.3 Å². The van der Waals surface area contributed by atoms with Gasteiger partial charge in [0.05, 0.1) is 0 Å². The minimum absolute atomic E-state index is 0.304. The Morgan fingerprint density at radius 2 is 2.18 bits per heavy atom. The molecule has 0 saturated carbocycles. The second kappa shape index (κ2) is 6.09. The zero-order valence-electron chi connectivity index (χ0n) is 9.28. The lowest BCUT2D eigenvalue weighted by atomic mass is 10.1. The van der Waals surface area contributed by atoms with Gasteiger partial charge in [-0.1, -0.05) is 0 Å². The average molecular weight is 376 g/mol. The molecule has 0 spiro atoms. The van der Waals surface area contributed by atoms with Crippen LogP contribution in [-0.2, 0) is 6.42 Å². The average Bonchev–Trinajstić information content (AvgIpc) is 2.75. The van der Waals surface area contributed by atoms with Gasteiger partial charge in [-0.15, -0.1) is 11.3 Å². The number of halogens is 2. The van der Waals surface area contributed by atoms with E-state index in [9.17, 15) is 0 Å². The monoisotopic (exact) mass is 374 g/mol. The molecule has 5 heteroatoms. The summed E-state index contributed by atoms with van der Waals surface area (Å²) >= 11 is 8.73. The first kappa shape index (κ1) is 13.2. The van der Waals surface area contributed by atoms with E-state index < -0.39 is 0 Å². The SMILES string of the molecule is CNC(Cc1ccc(Br)cn1)c1sccc1Br. The van der Waals surface area contributed by atoms with Crippen LogP contribution in [0.15, 0.2) is 38.7 Å².